The van der Waals surface area contributed by atoms with Gasteiger partial charge in [-0.05, 0) is 24.5 Å². The number of alkyl halides is 3. The Morgan fingerprint density at radius 2 is 1.83 bits per heavy atom. The van der Waals surface area contributed by atoms with Crippen LogP contribution in [-0.4, -0.2) is 10.9 Å². The lowest BCUT2D eigenvalue weighted by molar-refractivity contribution is -0.137. The molecule has 0 spiro atoms. The highest BCUT2D eigenvalue weighted by Crippen LogP contribution is 2.44. The number of rotatable bonds is 3. The van der Waals surface area contributed by atoms with Gasteiger partial charge in [0, 0.05) is 6.20 Å². The van der Waals surface area contributed by atoms with Gasteiger partial charge in [0.25, 0.3) is 5.56 Å². The Balaban J connectivity index is 1.91. The number of halogens is 3. The number of carbonyl (C=O) groups is 1. The number of amides is 1. The van der Waals surface area contributed by atoms with E-state index in [9.17, 15) is 22.8 Å². The monoisotopic (exact) mass is 336 g/mol. The van der Waals surface area contributed by atoms with Crippen molar-refractivity contribution in [2.75, 3.05) is 5.32 Å². The average molecular weight is 336 g/mol. The van der Waals surface area contributed by atoms with Gasteiger partial charge in [0.05, 0.1) is 11.0 Å². The zero-order chi connectivity index (χ0) is 17.4. The van der Waals surface area contributed by atoms with Crippen molar-refractivity contribution in [1.29, 1.82) is 0 Å². The van der Waals surface area contributed by atoms with Gasteiger partial charge in [0.1, 0.15) is 5.69 Å². The van der Waals surface area contributed by atoms with Gasteiger partial charge >= 0.3 is 6.18 Å². The Bertz CT molecular complexity index is 809. The van der Waals surface area contributed by atoms with Gasteiger partial charge < -0.3 is 10.3 Å². The molecule has 1 aromatic carbocycles. The van der Waals surface area contributed by atoms with Gasteiger partial charge in [-0.15, -0.1) is 0 Å². The van der Waals surface area contributed by atoms with Crippen molar-refractivity contribution in [3.63, 3.8) is 0 Å². The molecule has 0 aliphatic heterocycles. The van der Waals surface area contributed by atoms with Crippen molar-refractivity contribution in [1.82, 2.24) is 4.98 Å². The molecule has 1 aliphatic rings. The molecule has 0 atom stereocenters. The number of aromatic nitrogens is 1. The minimum atomic E-state index is -4.60. The number of H-pyrrole nitrogens is 1. The maximum atomic E-state index is 12.8. The summed E-state index contributed by atoms with van der Waals surface area (Å²) in [7, 11) is 0. The maximum Gasteiger partial charge on any atom is 0.417 e. The predicted octanol–water partition coefficient (Wildman–Crippen LogP) is 3.45. The van der Waals surface area contributed by atoms with Crippen molar-refractivity contribution in [2.45, 2.75) is 30.9 Å². The Hall–Kier alpha value is -2.57. The first-order valence-corrected chi connectivity index (χ1v) is 7.50. The fourth-order valence-corrected chi connectivity index (χ4v) is 2.92. The molecule has 0 unspecified atom stereocenters. The van der Waals surface area contributed by atoms with Gasteiger partial charge in [0.15, 0.2) is 0 Å². The van der Waals surface area contributed by atoms with E-state index in [0.717, 1.165) is 12.0 Å². The molecule has 4 nitrogen and oxygen atoms in total. The van der Waals surface area contributed by atoms with E-state index in [-0.39, 0.29) is 0 Å². The molecule has 1 aliphatic carbocycles. The summed E-state index contributed by atoms with van der Waals surface area (Å²) in [6.07, 6.45) is -1.97. The lowest BCUT2D eigenvalue weighted by atomic mass is 9.64. The van der Waals surface area contributed by atoms with Crippen LogP contribution in [-0.2, 0) is 16.4 Å². The Kier molecular flexibility index (Phi) is 3.95. The Morgan fingerprint density at radius 1 is 1.17 bits per heavy atom. The van der Waals surface area contributed by atoms with Crippen molar-refractivity contribution < 1.29 is 18.0 Å². The zero-order valence-electron chi connectivity index (χ0n) is 12.6. The third kappa shape index (κ3) is 2.81. The van der Waals surface area contributed by atoms with Crippen LogP contribution >= 0.6 is 0 Å². The van der Waals surface area contributed by atoms with E-state index in [0.29, 0.717) is 25.1 Å². The molecular weight excluding hydrogens is 321 g/mol. The maximum absolute atomic E-state index is 12.8. The minimum absolute atomic E-state index is 0.392. The molecule has 7 heteroatoms. The number of hydrogen-bond acceptors (Lipinski definition) is 2. The van der Waals surface area contributed by atoms with Gasteiger partial charge in [-0.1, -0.05) is 36.8 Å². The van der Waals surface area contributed by atoms with E-state index in [4.69, 9.17) is 0 Å². The summed E-state index contributed by atoms with van der Waals surface area (Å²) >= 11 is 0. The van der Waals surface area contributed by atoms with E-state index >= 15 is 0 Å². The van der Waals surface area contributed by atoms with Gasteiger partial charge in [-0.25, -0.2) is 0 Å². The normalized spacial score (nSPS) is 16.3. The van der Waals surface area contributed by atoms with Crippen LogP contribution in [0, 0.1) is 0 Å². The summed E-state index contributed by atoms with van der Waals surface area (Å²) < 4.78 is 38.3. The largest absolute Gasteiger partial charge is 0.417 e. The number of carbonyl (C=O) groups excluding carboxylic acids is 1. The van der Waals surface area contributed by atoms with Crippen molar-refractivity contribution in [3.8, 4) is 0 Å². The number of benzene rings is 1. The molecule has 1 saturated carbocycles. The molecule has 1 amide bonds. The van der Waals surface area contributed by atoms with Crippen molar-refractivity contribution in [2.24, 2.45) is 0 Å². The highest BCUT2D eigenvalue weighted by molar-refractivity contribution is 5.99. The van der Waals surface area contributed by atoms with E-state index < -0.39 is 34.3 Å². The topological polar surface area (TPSA) is 62.0 Å². The first-order valence-electron chi connectivity index (χ1n) is 7.50. The summed E-state index contributed by atoms with van der Waals surface area (Å²) in [5, 5.41) is 2.38. The van der Waals surface area contributed by atoms with Crippen LogP contribution in [0.15, 0.2) is 47.4 Å². The molecule has 0 saturated heterocycles. The summed E-state index contributed by atoms with van der Waals surface area (Å²) in [5.74, 6) is -0.454. The van der Waals surface area contributed by atoms with Crippen molar-refractivity contribution in [3.05, 3.63) is 64.1 Å². The molecule has 1 fully saturated rings. The molecule has 126 valence electrons. The van der Waals surface area contributed by atoms with E-state index in [2.05, 4.69) is 5.32 Å². The van der Waals surface area contributed by atoms with E-state index in [1.807, 2.05) is 23.2 Å². The minimum Gasteiger partial charge on any atom is -0.327 e. The third-order valence-corrected chi connectivity index (χ3v) is 4.45. The molecule has 0 bridgehead atoms. The molecule has 3 rings (SSSR count). The van der Waals surface area contributed by atoms with Crippen molar-refractivity contribution >= 4 is 11.6 Å². The SMILES string of the molecule is O=C(Nc1cc(C(F)(F)F)c[nH]c1=O)C1(c2ccccc2)CCC1. The van der Waals surface area contributed by atoms with Gasteiger partial charge in [0.2, 0.25) is 5.91 Å². The van der Waals surface area contributed by atoms with E-state index in [1.54, 1.807) is 12.1 Å². The molecular formula is C17H15F3N2O2. The molecule has 2 N–H and O–H groups in total. The standard InChI is InChI=1S/C17H15F3N2O2/c18-17(19,20)12-9-13(14(23)21-10-12)22-15(24)16(7-4-8-16)11-5-2-1-3-6-11/h1-3,5-6,9-10H,4,7-8H2,(H,21,23)(H,22,24). The summed E-state index contributed by atoms with van der Waals surface area (Å²) in [6.45, 7) is 0. The third-order valence-electron chi connectivity index (χ3n) is 4.45. The number of pyridine rings is 1. The fourth-order valence-electron chi connectivity index (χ4n) is 2.92. The Labute approximate surface area is 135 Å². The number of aromatic amines is 1. The van der Waals surface area contributed by atoms with Crippen LogP contribution in [0.1, 0.15) is 30.4 Å². The fraction of sp³-hybridized carbons (Fsp3) is 0.294. The van der Waals surface area contributed by atoms with Gasteiger partial charge in [-0.3, -0.25) is 9.59 Å². The molecule has 1 aromatic heterocycles. The van der Waals surface area contributed by atoms with Crippen LogP contribution in [0.25, 0.3) is 0 Å². The second kappa shape index (κ2) is 5.81. The number of anilines is 1. The highest BCUT2D eigenvalue weighted by atomic mass is 19.4. The quantitative estimate of drug-likeness (QED) is 0.902. The average Bonchev–Trinajstić information content (AvgIpc) is 2.48. The first-order chi connectivity index (χ1) is 11.3. The first kappa shape index (κ1) is 16.3. The summed E-state index contributed by atoms with van der Waals surface area (Å²) in [5.41, 5.74) is -2.16. The molecule has 24 heavy (non-hydrogen) atoms. The number of hydrogen-bond donors (Lipinski definition) is 2. The second-order valence-corrected chi connectivity index (χ2v) is 5.88. The molecule has 0 radical (unpaired) electrons. The van der Waals surface area contributed by atoms with E-state index in [1.165, 1.54) is 0 Å². The number of nitrogens with one attached hydrogen (secondary N) is 2. The van der Waals surface area contributed by atoms with Gasteiger partial charge in [-0.2, -0.15) is 13.2 Å². The lowest BCUT2D eigenvalue weighted by Gasteiger charge is -2.40. The van der Waals surface area contributed by atoms with Crippen LogP contribution in [0.2, 0.25) is 0 Å². The predicted molar refractivity (Wildman–Crippen MR) is 82.7 cm³/mol. The lowest BCUT2D eigenvalue weighted by Crippen LogP contribution is -2.46. The van der Waals surface area contributed by atoms with Crippen LogP contribution in [0.3, 0.4) is 0 Å². The Morgan fingerprint density at radius 3 is 2.38 bits per heavy atom. The highest BCUT2D eigenvalue weighted by Gasteiger charge is 2.45. The molecule has 1 heterocycles. The van der Waals surface area contributed by atoms with Crippen LogP contribution < -0.4 is 10.9 Å². The second-order valence-electron chi connectivity index (χ2n) is 5.88. The van der Waals surface area contributed by atoms with Crippen LogP contribution in [0.4, 0.5) is 18.9 Å². The smallest absolute Gasteiger partial charge is 0.327 e. The summed E-state index contributed by atoms with van der Waals surface area (Å²) in [4.78, 5) is 26.5. The zero-order valence-corrected chi connectivity index (χ0v) is 12.6. The molecule has 2 aromatic rings. The summed E-state index contributed by atoms with van der Waals surface area (Å²) in [6, 6.07) is 9.73. The van der Waals surface area contributed by atoms with Crippen LogP contribution in [0.5, 0.6) is 0 Å².